The molecule has 21 heavy (non-hydrogen) atoms. The number of aliphatic hydroxyl groups is 1. The number of benzene rings is 2. The molecule has 112 valence electrons. The van der Waals surface area contributed by atoms with Crippen LogP contribution in [0.4, 0.5) is 0 Å². The summed E-state index contributed by atoms with van der Waals surface area (Å²) >= 11 is 0. The fourth-order valence-corrected chi connectivity index (χ4v) is 2.20. The van der Waals surface area contributed by atoms with Gasteiger partial charge in [0.25, 0.3) is 0 Å². The van der Waals surface area contributed by atoms with Gasteiger partial charge in [-0.25, -0.2) is 0 Å². The van der Waals surface area contributed by atoms with Crippen molar-refractivity contribution in [1.82, 2.24) is 0 Å². The van der Waals surface area contributed by atoms with Crippen LogP contribution in [0.25, 0.3) is 0 Å². The zero-order chi connectivity index (χ0) is 15.2. The first-order chi connectivity index (χ1) is 10.1. The van der Waals surface area contributed by atoms with E-state index in [1.807, 2.05) is 69.3 Å². The highest BCUT2D eigenvalue weighted by Crippen LogP contribution is 2.31. The molecule has 2 aromatic carbocycles. The minimum atomic E-state index is -0.733. The van der Waals surface area contributed by atoms with E-state index < -0.39 is 6.10 Å². The van der Waals surface area contributed by atoms with Gasteiger partial charge in [-0.05, 0) is 44.5 Å². The highest BCUT2D eigenvalue weighted by atomic mass is 16.5. The van der Waals surface area contributed by atoms with E-state index in [1.165, 1.54) is 0 Å². The molecular formula is C18H22O3. The molecule has 0 bridgehead atoms. The van der Waals surface area contributed by atoms with Crippen molar-refractivity contribution in [3.05, 3.63) is 59.7 Å². The van der Waals surface area contributed by atoms with Crippen molar-refractivity contribution in [1.29, 1.82) is 0 Å². The minimum Gasteiger partial charge on any atom is -0.493 e. The van der Waals surface area contributed by atoms with Gasteiger partial charge in [-0.3, -0.25) is 0 Å². The average molecular weight is 286 g/mol. The van der Waals surface area contributed by atoms with Gasteiger partial charge in [-0.1, -0.05) is 30.3 Å². The molecule has 0 aliphatic rings. The second-order valence-corrected chi connectivity index (χ2v) is 5.11. The molecule has 0 heterocycles. The summed E-state index contributed by atoms with van der Waals surface area (Å²) in [5.41, 5.74) is 1.56. The summed E-state index contributed by atoms with van der Waals surface area (Å²) in [5, 5.41) is 10.6. The van der Waals surface area contributed by atoms with Gasteiger partial charge in [0, 0.05) is 5.56 Å². The van der Waals surface area contributed by atoms with Gasteiger partial charge >= 0.3 is 0 Å². The van der Waals surface area contributed by atoms with E-state index in [0.29, 0.717) is 12.4 Å². The normalized spacial score (nSPS) is 12.2. The maximum atomic E-state index is 10.6. The lowest BCUT2D eigenvalue weighted by Crippen LogP contribution is -2.07. The third-order valence-corrected chi connectivity index (χ3v) is 3.06. The molecule has 1 N–H and O–H groups in total. The average Bonchev–Trinajstić information content (AvgIpc) is 2.47. The van der Waals surface area contributed by atoms with Crippen molar-refractivity contribution in [3.8, 4) is 11.5 Å². The van der Waals surface area contributed by atoms with Gasteiger partial charge in [0.2, 0.25) is 0 Å². The first kappa shape index (κ1) is 15.4. The van der Waals surface area contributed by atoms with Crippen molar-refractivity contribution in [3.63, 3.8) is 0 Å². The zero-order valence-corrected chi connectivity index (χ0v) is 12.7. The quantitative estimate of drug-likeness (QED) is 0.873. The number of rotatable bonds is 6. The fourth-order valence-electron chi connectivity index (χ4n) is 2.20. The van der Waals surface area contributed by atoms with Gasteiger partial charge in [0.1, 0.15) is 17.6 Å². The first-order valence-electron chi connectivity index (χ1n) is 7.28. The van der Waals surface area contributed by atoms with Crippen LogP contribution in [0.5, 0.6) is 11.5 Å². The monoisotopic (exact) mass is 286 g/mol. The smallest absolute Gasteiger partial charge is 0.125 e. The summed E-state index contributed by atoms with van der Waals surface area (Å²) in [5.74, 6) is 1.47. The molecule has 0 aliphatic carbocycles. The Balaban J connectivity index is 2.29. The van der Waals surface area contributed by atoms with Crippen LogP contribution in [-0.2, 0) is 0 Å². The van der Waals surface area contributed by atoms with E-state index in [-0.39, 0.29) is 6.10 Å². The lowest BCUT2D eigenvalue weighted by molar-refractivity contribution is 0.209. The number of aliphatic hydroxyl groups excluding tert-OH is 1. The molecule has 0 fully saturated rings. The predicted molar refractivity (Wildman–Crippen MR) is 83.9 cm³/mol. The van der Waals surface area contributed by atoms with Crippen LogP contribution < -0.4 is 9.47 Å². The summed E-state index contributed by atoms with van der Waals surface area (Å²) in [6.07, 6.45) is -0.628. The van der Waals surface area contributed by atoms with Crippen LogP contribution in [0.2, 0.25) is 0 Å². The van der Waals surface area contributed by atoms with Gasteiger partial charge < -0.3 is 14.6 Å². The van der Waals surface area contributed by atoms with E-state index in [9.17, 15) is 5.11 Å². The Labute approximate surface area is 126 Å². The van der Waals surface area contributed by atoms with E-state index in [4.69, 9.17) is 9.47 Å². The van der Waals surface area contributed by atoms with Crippen LogP contribution in [-0.4, -0.2) is 17.8 Å². The van der Waals surface area contributed by atoms with Crippen LogP contribution in [0.15, 0.2) is 48.5 Å². The van der Waals surface area contributed by atoms with Crippen molar-refractivity contribution in [2.75, 3.05) is 6.61 Å². The van der Waals surface area contributed by atoms with Crippen molar-refractivity contribution >= 4 is 0 Å². The molecule has 1 unspecified atom stereocenters. The number of ether oxygens (including phenoxy) is 2. The maximum Gasteiger partial charge on any atom is 0.125 e. The van der Waals surface area contributed by atoms with E-state index in [2.05, 4.69) is 0 Å². The van der Waals surface area contributed by atoms with Crippen LogP contribution in [0.3, 0.4) is 0 Å². The fraction of sp³-hybridized carbons (Fsp3) is 0.333. The third-order valence-electron chi connectivity index (χ3n) is 3.06. The predicted octanol–water partition coefficient (Wildman–Crippen LogP) is 3.95. The Morgan fingerprint density at radius 3 is 2.52 bits per heavy atom. The van der Waals surface area contributed by atoms with Gasteiger partial charge in [-0.15, -0.1) is 0 Å². The van der Waals surface area contributed by atoms with Crippen molar-refractivity contribution in [2.24, 2.45) is 0 Å². The third kappa shape index (κ3) is 3.99. The summed E-state index contributed by atoms with van der Waals surface area (Å²) in [7, 11) is 0. The standard InChI is InChI=1S/C18H22O3/c1-4-20-17-11-6-5-10-16(17)18(19)14-8-7-9-15(12-14)21-13(2)3/h5-13,18-19H,4H2,1-3H3. The number of para-hydroxylation sites is 1. The SMILES string of the molecule is CCOc1ccccc1C(O)c1cccc(OC(C)C)c1. The maximum absolute atomic E-state index is 10.6. The topological polar surface area (TPSA) is 38.7 Å². The molecule has 0 spiro atoms. The van der Waals surface area contributed by atoms with E-state index in [1.54, 1.807) is 0 Å². The minimum absolute atomic E-state index is 0.105. The van der Waals surface area contributed by atoms with Crippen LogP contribution in [0.1, 0.15) is 38.0 Å². The largest absolute Gasteiger partial charge is 0.493 e. The number of hydrogen-bond acceptors (Lipinski definition) is 3. The number of hydrogen-bond donors (Lipinski definition) is 1. The Kier molecular flexibility index (Phi) is 5.23. The molecule has 2 aromatic rings. The molecule has 3 heteroatoms. The van der Waals surface area contributed by atoms with Gasteiger partial charge in [-0.2, -0.15) is 0 Å². The van der Waals surface area contributed by atoms with Crippen molar-refractivity contribution in [2.45, 2.75) is 33.0 Å². The second kappa shape index (κ2) is 7.14. The van der Waals surface area contributed by atoms with Crippen LogP contribution >= 0.6 is 0 Å². The molecule has 0 aliphatic heterocycles. The molecule has 3 nitrogen and oxygen atoms in total. The Morgan fingerprint density at radius 1 is 1.05 bits per heavy atom. The van der Waals surface area contributed by atoms with E-state index >= 15 is 0 Å². The highest BCUT2D eigenvalue weighted by molar-refractivity contribution is 5.42. The molecule has 0 amide bonds. The van der Waals surface area contributed by atoms with Gasteiger partial charge in [0.05, 0.1) is 12.7 Å². The highest BCUT2D eigenvalue weighted by Gasteiger charge is 2.16. The first-order valence-corrected chi connectivity index (χ1v) is 7.28. The lowest BCUT2D eigenvalue weighted by atomic mass is 10.0. The molecular weight excluding hydrogens is 264 g/mol. The molecule has 0 saturated carbocycles. The summed E-state index contributed by atoms with van der Waals surface area (Å²) in [4.78, 5) is 0. The molecule has 0 aromatic heterocycles. The summed E-state index contributed by atoms with van der Waals surface area (Å²) < 4.78 is 11.3. The van der Waals surface area contributed by atoms with Crippen molar-refractivity contribution < 1.29 is 14.6 Å². The zero-order valence-electron chi connectivity index (χ0n) is 12.7. The Bertz CT molecular complexity index is 578. The lowest BCUT2D eigenvalue weighted by Gasteiger charge is -2.17. The van der Waals surface area contributed by atoms with Gasteiger partial charge in [0.15, 0.2) is 0 Å². The summed E-state index contributed by atoms with van der Waals surface area (Å²) in [6.45, 7) is 6.46. The molecule has 2 rings (SSSR count). The Morgan fingerprint density at radius 2 is 1.81 bits per heavy atom. The molecule has 0 saturated heterocycles. The van der Waals surface area contributed by atoms with E-state index in [0.717, 1.165) is 16.9 Å². The molecule has 1 atom stereocenters. The Hall–Kier alpha value is -2.00. The summed E-state index contributed by atoms with van der Waals surface area (Å²) in [6, 6.07) is 15.1. The second-order valence-electron chi connectivity index (χ2n) is 5.11. The molecule has 0 radical (unpaired) electrons. The van der Waals surface area contributed by atoms with Crippen LogP contribution in [0, 0.1) is 0 Å².